The Bertz CT molecular complexity index is 405. The quantitative estimate of drug-likeness (QED) is 0.680. The highest BCUT2D eigenvalue weighted by atomic mass is 79.9. The Labute approximate surface area is 92.9 Å². The molecule has 1 heterocycles. The second-order valence-corrected chi connectivity index (χ2v) is 4.98. The Kier molecular flexibility index (Phi) is 2.18. The smallest absolute Gasteiger partial charge is 0.128 e. The maximum atomic E-state index is 5.85. The molecule has 0 saturated carbocycles. The molecule has 0 aliphatic carbocycles. The number of benzene rings is 1. The summed E-state index contributed by atoms with van der Waals surface area (Å²) in [6, 6.07) is 4.04. The summed E-state index contributed by atoms with van der Waals surface area (Å²) in [6.45, 7) is 6.21. The van der Waals surface area contributed by atoms with Crippen LogP contribution < -0.4 is 4.74 Å². The zero-order valence-electron chi connectivity index (χ0n) is 8.60. The number of hydrogen-bond acceptors (Lipinski definition) is 1. The van der Waals surface area contributed by atoms with Crippen molar-refractivity contribution in [3.63, 3.8) is 0 Å². The van der Waals surface area contributed by atoms with E-state index in [9.17, 15) is 0 Å². The van der Waals surface area contributed by atoms with Gasteiger partial charge in [0.1, 0.15) is 11.4 Å². The number of ether oxygens (including phenoxy) is 1. The van der Waals surface area contributed by atoms with Crippen molar-refractivity contribution in [1.29, 1.82) is 0 Å². The van der Waals surface area contributed by atoms with Crippen LogP contribution in [0, 0.1) is 6.92 Å². The lowest BCUT2D eigenvalue weighted by molar-refractivity contribution is 0.159. The van der Waals surface area contributed by atoms with Crippen LogP contribution in [-0.4, -0.2) is 5.60 Å². The van der Waals surface area contributed by atoms with Gasteiger partial charge in [0.15, 0.2) is 0 Å². The molecule has 0 bridgehead atoms. The van der Waals surface area contributed by atoms with E-state index in [-0.39, 0.29) is 5.60 Å². The molecule has 1 aromatic rings. The fourth-order valence-electron chi connectivity index (χ4n) is 1.57. The third kappa shape index (κ3) is 1.59. The lowest BCUT2D eigenvalue weighted by atomic mass is 9.99. The second kappa shape index (κ2) is 3.13. The monoisotopic (exact) mass is 252 g/mol. The van der Waals surface area contributed by atoms with Crippen LogP contribution in [-0.2, 0) is 0 Å². The molecule has 0 spiro atoms. The Hall–Kier alpha value is -0.760. The van der Waals surface area contributed by atoms with E-state index in [0.717, 1.165) is 10.2 Å². The van der Waals surface area contributed by atoms with Gasteiger partial charge in [-0.3, -0.25) is 0 Å². The van der Waals surface area contributed by atoms with Crippen LogP contribution >= 0.6 is 15.9 Å². The van der Waals surface area contributed by atoms with E-state index in [1.54, 1.807) is 0 Å². The summed E-state index contributed by atoms with van der Waals surface area (Å²) in [6.07, 6.45) is 4.23. The minimum absolute atomic E-state index is 0.187. The zero-order valence-corrected chi connectivity index (χ0v) is 10.2. The van der Waals surface area contributed by atoms with Crippen LogP contribution in [0.4, 0.5) is 0 Å². The maximum Gasteiger partial charge on any atom is 0.128 e. The van der Waals surface area contributed by atoms with Crippen molar-refractivity contribution < 1.29 is 4.74 Å². The van der Waals surface area contributed by atoms with Crippen LogP contribution in [0.3, 0.4) is 0 Å². The molecule has 2 rings (SSSR count). The first kappa shape index (κ1) is 9.78. The van der Waals surface area contributed by atoms with Gasteiger partial charge in [-0.2, -0.15) is 0 Å². The Balaban J connectivity index is 2.56. The summed E-state index contributed by atoms with van der Waals surface area (Å²) in [4.78, 5) is 0. The molecular formula is C12H13BrO. The van der Waals surface area contributed by atoms with Crippen molar-refractivity contribution in [2.24, 2.45) is 0 Å². The van der Waals surface area contributed by atoms with Crippen molar-refractivity contribution in [2.75, 3.05) is 0 Å². The van der Waals surface area contributed by atoms with E-state index in [4.69, 9.17) is 4.74 Å². The van der Waals surface area contributed by atoms with Crippen LogP contribution in [0.25, 0.3) is 6.08 Å². The third-order valence-electron chi connectivity index (χ3n) is 2.43. The molecule has 0 N–H and O–H groups in total. The minimum Gasteiger partial charge on any atom is -0.483 e. The van der Waals surface area contributed by atoms with Gasteiger partial charge in [-0.1, -0.05) is 22.0 Å². The largest absolute Gasteiger partial charge is 0.483 e. The van der Waals surface area contributed by atoms with E-state index < -0.39 is 0 Å². The van der Waals surface area contributed by atoms with Crippen molar-refractivity contribution in [3.05, 3.63) is 33.8 Å². The minimum atomic E-state index is -0.187. The molecule has 1 aliphatic rings. The van der Waals surface area contributed by atoms with Gasteiger partial charge in [0.05, 0.1) is 0 Å². The average molecular weight is 253 g/mol. The first-order chi connectivity index (χ1) is 6.49. The SMILES string of the molecule is Cc1c(Br)ccc2c1C=CC(C)(C)O2. The molecule has 1 aliphatic heterocycles. The molecule has 0 atom stereocenters. The topological polar surface area (TPSA) is 9.23 Å². The molecule has 0 aromatic heterocycles. The van der Waals surface area contributed by atoms with Crippen molar-refractivity contribution in [1.82, 2.24) is 0 Å². The van der Waals surface area contributed by atoms with E-state index in [1.165, 1.54) is 11.1 Å². The summed E-state index contributed by atoms with van der Waals surface area (Å²) in [7, 11) is 0. The first-order valence-corrected chi connectivity index (χ1v) is 5.46. The summed E-state index contributed by atoms with van der Waals surface area (Å²) in [5.74, 6) is 0.971. The molecule has 74 valence electrons. The number of hydrogen-bond donors (Lipinski definition) is 0. The van der Waals surface area contributed by atoms with Crippen molar-refractivity contribution in [2.45, 2.75) is 26.4 Å². The van der Waals surface area contributed by atoms with Crippen molar-refractivity contribution >= 4 is 22.0 Å². The average Bonchev–Trinajstić information content (AvgIpc) is 2.10. The molecule has 2 heteroatoms. The van der Waals surface area contributed by atoms with Gasteiger partial charge in [-0.15, -0.1) is 0 Å². The fourth-order valence-corrected chi connectivity index (χ4v) is 1.92. The zero-order chi connectivity index (χ0) is 10.3. The van der Waals surface area contributed by atoms with Crippen molar-refractivity contribution in [3.8, 4) is 5.75 Å². The molecule has 0 fully saturated rings. The molecular weight excluding hydrogens is 240 g/mol. The van der Waals surface area contributed by atoms with Gasteiger partial charge in [-0.05, 0) is 44.5 Å². The van der Waals surface area contributed by atoms with Crippen LogP contribution in [0.2, 0.25) is 0 Å². The molecule has 0 saturated heterocycles. The van der Waals surface area contributed by atoms with Gasteiger partial charge in [-0.25, -0.2) is 0 Å². The van der Waals surface area contributed by atoms with Gasteiger partial charge < -0.3 is 4.74 Å². The molecule has 14 heavy (non-hydrogen) atoms. The summed E-state index contributed by atoms with van der Waals surface area (Å²) in [5, 5.41) is 0. The third-order valence-corrected chi connectivity index (χ3v) is 3.29. The Morgan fingerprint density at radius 2 is 2.00 bits per heavy atom. The maximum absolute atomic E-state index is 5.85. The number of fused-ring (bicyclic) bond motifs is 1. The fraction of sp³-hybridized carbons (Fsp3) is 0.333. The molecule has 1 nitrogen and oxygen atoms in total. The lowest BCUT2D eigenvalue weighted by Crippen LogP contribution is -2.27. The van der Waals surface area contributed by atoms with E-state index in [0.29, 0.717) is 0 Å². The highest BCUT2D eigenvalue weighted by Crippen LogP contribution is 2.35. The Morgan fingerprint density at radius 3 is 2.71 bits per heavy atom. The predicted molar refractivity (Wildman–Crippen MR) is 62.6 cm³/mol. The van der Waals surface area contributed by atoms with Crippen LogP contribution in [0.1, 0.15) is 25.0 Å². The number of rotatable bonds is 0. The molecule has 0 amide bonds. The molecule has 1 aromatic carbocycles. The first-order valence-electron chi connectivity index (χ1n) is 4.67. The number of halogens is 1. The summed E-state index contributed by atoms with van der Waals surface area (Å²) < 4.78 is 6.98. The highest BCUT2D eigenvalue weighted by molar-refractivity contribution is 9.10. The van der Waals surface area contributed by atoms with Crippen LogP contribution in [0.15, 0.2) is 22.7 Å². The summed E-state index contributed by atoms with van der Waals surface area (Å²) >= 11 is 3.51. The molecule has 0 radical (unpaired) electrons. The summed E-state index contributed by atoms with van der Waals surface area (Å²) in [5.41, 5.74) is 2.22. The predicted octanol–water partition coefficient (Wildman–Crippen LogP) is 3.94. The lowest BCUT2D eigenvalue weighted by Gasteiger charge is -2.28. The molecule has 0 unspecified atom stereocenters. The highest BCUT2D eigenvalue weighted by Gasteiger charge is 2.22. The van der Waals surface area contributed by atoms with Crippen LogP contribution in [0.5, 0.6) is 5.75 Å². The van der Waals surface area contributed by atoms with Gasteiger partial charge >= 0.3 is 0 Å². The standard InChI is InChI=1S/C12H13BrO/c1-8-9-6-7-12(2,3)14-11(9)5-4-10(8)13/h4-7H,1-3H3. The van der Waals surface area contributed by atoms with Gasteiger partial charge in [0.2, 0.25) is 0 Å². The van der Waals surface area contributed by atoms with E-state index in [2.05, 4.69) is 48.9 Å². The van der Waals surface area contributed by atoms with Gasteiger partial charge in [0, 0.05) is 10.0 Å². The van der Waals surface area contributed by atoms with E-state index in [1.807, 2.05) is 12.1 Å². The normalized spacial score (nSPS) is 17.4. The second-order valence-electron chi connectivity index (χ2n) is 4.12. The van der Waals surface area contributed by atoms with E-state index >= 15 is 0 Å². The van der Waals surface area contributed by atoms with Gasteiger partial charge in [0.25, 0.3) is 0 Å². The Morgan fingerprint density at radius 1 is 1.29 bits per heavy atom.